The lowest BCUT2D eigenvalue weighted by Gasteiger charge is -2.21. The van der Waals surface area contributed by atoms with Gasteiger partial charge in [-0.3, -0.25) is 4.72 Å². The molecule has 0 aliphatic carbocycles. The predicted octanol–water partition coefficient (Wildman–Crippen LogP) is 0.973. The van der Waals surface area contributed by atoms with Crippen LogP contribution in [-0.4, -0.2) is 20.4 Å². The summed E-state index contributed by atoms with van der Waals surface area (Å²) < 4.78 is 27.8. The molecule has 0 amide bonds. The maximum absolute atomic E-state index is 12.8. The van der Waals surface area contributed by atoms with Crippen molar-refractivity contribution in [1.82, 2.24) is 0 Å². The van der Waals surface area contributed by atoms with Gasteiger partial charge in [0, 0.05) is 0 Å². The number of carbonyl (C=O) groups is 2. The summed E-state index contributed by atoms with van der Waals surface area (Å²) in [5, 5.41) is 23.3. The summed E-state index contributed by atoms with van der Waals surface area (Å²) in [7, 11) is -4.18. The van der Waals surface area contributed by atoms with Crippen LogP contribution < -0.4 is 14.9 Å². The number of aromatic carboxylic acids is 1. The third-order valence-electron chi connectivity index (χ3n) is 3.66. The van der Waals surface area contributed by atoms with Crippen molar-refractivity contribution in [2.45, 2.75) is 31.1 Å². The summed E-state index contributed by atoms with van der Waals surface area (Å²) in [6, 6.07) is 5.86. The SMILES string of the molecule is CC(C)(C)c1ccc(S(=O)(=O)Nc2ccsc2C(=O)[O-])c(/C=C/C(=O)[O-])c1. The van der Waals surface area contributed by atoms with Crippen molar-refractivity contribution < 1.29 is 28.2 Å². The van der Waals surface area contributed by atoms with Gasteiger partial charge in [0.15, 0.2) is 0 Å². The number of carbonyl (C=O) groups excluding carboxylic acids is 2. The maximum atomic E-state index is 12.8. The summed E-state index contributed by atoms with van der Waals surface area (Å²) in [4.78, 5) is 21.4. The van der Waals surface area contributed by atoms with Crippen LogP contribution in [0.4, 0.5) is 5.69 Å². The monoisotopic (exact) mass is 407 g/mol. The van der Waals surface area contributed by atoms with Gasteiger partial charge in [-0.05, 0) is 46.2 Å². The Hall–Kier alpha value is -2.65. The van der Waals surface area contributed by atoms with Gasteiger partial charge in [-0.15, -0.1) is 11.3 Å². The number of benzene rings is 1. The Morgan fingerprint density at radius 2 is 1.81 bits per heavy atom. The Morgan fingerprint density at radius 3 is 2.37 bits per heavy atom. The number of rotatable bonds is 6. The van der Waals surface area contributed by atoms with Crippen LogP contribution in [0, 0.1) is 0 Å². The molecule has 2 aromatic rings. The number of carboxylic acid groups (broad SMARTS) is 2. The smallest absolute Gasteiger partial charge is 0.262 e. The van der Waals surface area contributed by atoms with Gasteiger partial charge in [-0.2, -0.15) is 0 Å². The largest absolute Gasteiger partial charge is 0.545 e. The van der Waals surface area contributed by atoms with E-state index in [0.717, 1.165) is 29.1 Å². The predicted molar refractivity (Wildman–Crippen MR) is 98.6 cm³/mol. The fourth-order valence-corrected chi connectivity index (χ4v) is 4.30. The van der Waals surface area contributed by atoms with Gasteiger partial charge >= 0.3 is 0 Å². The van der Waals surface area contributed by atoms with Crippen LogP contribution in [0.15, 0.2) is 40.6 Å². The fraction of sp³-hybridized carbons (Fsp3) is 0.222. The van der Waals surface area contributed by atoms with Gasteiger partial charge in [0.25, 0.3) is 10.0 Å². The molecular formula is C18H17NO6S2-2. The molecule has 0 aliphatic rings. The van der Waals surface area contributed by atoms with Crippen molar-refractivity contribution in [3.05, 3.63) is 51.7 Å². The first-order valence-electron chi connectivity index (χ1n) is 7.77. The lowest BCUT2D eigenvalue weighted by Crippen LogP contribution is -2.23. The molecule has 0 radical (unpaired) electrons. The number of thiophene rings is 1. The molecule has 0 bridgehead atoms. The normalized spacial score (nSPS) is 12.3. The number of aliphatic carboxylic acids is 1. The number of sulfonamides is 1. The second-order valence-electron chi connectivity index (χ2n) is 6.71. The van der Waals surface area contributed by atoms with Crippen molar-refractivity contribution in [2.24, 2.45) is 0 Å². The number of carboxylic acids is 2. The molecule has 1 heterocycles. The fourth-order valence-electron chi connectivity index (χ4n) is 2.30. The minimum Gasteiger partial charge on any atom is -0.545 e. The first-order valence-corrected chi connectivity index (χ1v) is 10.1. The van der Waals surface area contributed by atoms with E-state index in [-0.39, 0.29) is 26.4 Å². The van der Waals surface area contributed by atoms with E-state index in [1.54, 1.807) is 12.1 Å². The molecule has 1 aromatic carbocycles. The third-order valence-corrected chi connectivity index (χ3v) is 5.99. The number of hydrogen-bond acceptors (Lipinski definition) is 7. The molecule has 0 unspecified atom stereocenters. The van der Waals surface area contributed by atoms with E-state index in [4.69, 9.17) is 0 Å². The third kappa shape index (κ3) is 4.95. The molecule has 0 fully saturated rings. The van der Waals surface area contributed by atoms with E-state index in [2.05, 4.69) is 4.72 Å². The summed E-state index contributed by atoms with van der Waals surface area (Å²) in [6.07, 6.45) is 1.87. The molecule has 0 atom stereocenters. The minimum atomic E-state index is -4.18. The van der Waals surface area contributed by atoms with E-state index >= 15 is 0 Å². The molecule has 27 heavy (non-hydrogen) atoms. The standard InChI is InChI=1S/C18H19NO6S2/c1-18(2,3)12-5-6-14(11(10-12)4-7-15(20)21)27(24,25)19-13-8-9-26-16(13)17(22)23/h4-10,19H,1-3H3,(H,20,21)(H,22,23)/p-2/b7-4+. The minimum absolute atomic E-state index is 0.116. The van der Waals surface area contributed by atoms with Gasteiger partial charge in [-0.25, -0.2) is 8.42 Å². The average molecular weight is 407 g/mol. The summed E-state index contributed by atoms with van der Waals surface area (Å²) in [5.41, 5.74) is 0.527. The maximum Gasteiger partial charge on any atom is 0.262 e. The highest BCUT2D eigenvalue weighted by molar-refractivity contribution is 7.92. The second kappa shape index (κ2) is 7.53. The number of nitrogens with one attached hydrogen (secondary N) is 1. The van der Waals surface area contributed by atoms with Crippen LogP contribution in [0.2, 0.25) is 0 Å². The number of hydrogen-bond donors (Lipinski definition) is 1. The highest BCUT2D eigenvalue weighted by Crippen LogP contribution is 2.30. The highest BCUT2D eigenvalue weighted by atomic mass is 32.2. The summed E-state index contributed by atoms with van der Waals surface area (Å²) in [6.45, 7) is 5.79. The molecule has 1 aromatic heterocycles. The lowest BCUT2D eigenvalue weighted by atomic mass is 9.86. The van der Waals surface area contributed by atoms with Crippen molar-refractivity contribution in [1.29, 1.82) is 0 Å². The molecule has 144 valence electrons. The Bertz CT molecular complexity index is 1010. The molecule has 2 rings (SSSR count). The zero-order chi connectivity index (χ0) is 20.4. The van der Waals surface area contributed by atoms with E-state index in [1.807, 2.05) is 20.8 Å². The van der Waals surface area contributed by atoms with E-state index in [9.17, 15) is 28.2 Å². The van der Waals surface area contributed by atoms with Crippen LogP contribution in [0.5, 0.6) is 0 Å². The first kappa shape index (κ1) is 20.7. The molecule has 9 heteroatoms. The Balaban J connectivity index is 2.56. The van der Waals surface area contributed by atoms with Crippen LogP contribution in [0.25, 0.3) is 6.08 Å². The molecule has 0 saturated heterocycles. The molecule has 7 nitrogen and oxygen atoms in total. The summed E-state index contributed by atoms with van der Waals surface area (Å²) >= 11 is 0.829. The highest BCUT2D eigenvalue weighted by Gasteiger charge is 2.22. The quantitative estimate of drug-likeness (QED) is 0.711. The first-order chi connectivity index (χ1) is 12.4. The van der Waals surface area contributed by atoms with Gasteiger partial charge < -0.3 is 19.8 Å². The second-order valence-corrected chi connectivity index (χ2v) is 9.28. The Labute approximate surface area is 161 Å². The zero-order valence-electron chi connectivity index (χ0n) is 14.8. The van der Waals surface area contributed by atoms with Gasteiger partial charge in [0.05, 0.1) is 27.4 Å². The molecular weight excluding hydrogens is 390 g/mol. The average Bonchev–Trinajstić information content (AvgIpc) is 2.99. The van der Waals surface area contributed by atoms with E-state index < -0.39 is 22.0 Å². The molecule has 0 spiro atoms. The van der Waals surface area contributed by atoms with Gasteiger partial charge in [-0.1, -0.05) is 32.9 Å². The van der Waals surface area contributed by atoms with Crippen LogP contribution >= 0.6 is 11.3 Å². The van der Waals surface area contributed by atoms with Gasteiger partial charge in [0.1, 0.15) is 0 Å². The van der Waals surface area contributed by atoms with Gasteiger partial charge in [0.2, 0.25) is 0 Å². The lowest BCUT2D eigenvalue weighted by molar-refractivity contribution is -0.297. The number of anilines is 1. The summed E-state index contributed by atoms with van der Waals surface area (Å²) in [5.74, 6) is -2.97. The van der Waals surface area contributed by atoms with Crippen LogP contribution in [-0.2, 0) is 20.2 Å². The molecule has 0 saturated carbocycles. The van der Waals surface area contributed by atoms with Crippen molar-refractivity contribution in [2.75, 3.05) is 4.72 Å². The van der Waals surface area contributed by atoms with Crippen molar-refractivity contribution in [3.8, 4) is 0 Å². The van der Waals surface area contributed by atoms with Crippen molar-refractivity contribution in [3.63, 3.8) is 0 Å². The van der Waals surface area contributed by atoms with E-state index in [1.165, 1.54) is 17.5 Å². The van der Waals surface area contributed by atoms with E-state index in [0.29, 0.717) is 0 Å². The molecule has 1 N–H and O–H groups in total. The topological polar surface area (TPSA) is 126 Å². The Morgan fingerprint density at radius 1 is 1.15 bits per heavy atom. The Kier molecular flexibility index (Phi) is 5.76. The molecule has 0 aliphatic heterocycles. The van der Waals surface area contributed by atoms with Crippen molar-refractivity contribution >= 4 is 45.1 Å². The van der Waals surface area contributed by atoms with Crippen LogP contribution in [0.1, 0.15) is 41.6 Å². The zero-order valence-corrected chi connectivity index (χ0v) is 16.4. The van der Waals surface area contributed by atoms with Crippen LogP contribution in [0.3, 0.4) is 0 Å².